The molecule has 0 radical (unpaired) electrons. The van der Waals surface area contributed by atoms with E-state index in [1.807, 2.05) is 0 Å². The average molecular weight is 238 g/mol. The van der Waals surface area contributed by atoms with Gasteiger partial charge in [0.1, 0.15) is 0 Å². The highest BCUT2D eigenvalue weighted by molar-refractivity contribution is 5.22. The molecule has 0 heterocycles. The van der Waals surface area contributed by atoms with Gasteiger partial charge < -0.3 is 0 Å². The van der Waals surface area contributed by atoms with E-state index < -0.39 is 11.6 Å². The van der Waals surface area contributed by atoms with Gasteiger partial charge >= 0.3 is 0 Å². The van der Waals surface area contributed by atoms with Gasteiger partial charge in [-0.05, 0) is 55.2 Å². The van der Waals surface area contributed by atoms with Crippen molar-refractivity contribution in [2.45, 2.75) is 51.4 Å². The molecule has 2 rings (SSSR count). The van der Waals surface area contributed by atoms with Crippen molar-refractivity contribution in [3.63, 3.8) is 0 Å². The number of benzene rings is 1. The third-order valence-electron chi connectivity index (χ3n) is 3.96. The first-order chi connectivity index (χ1) is 8.20. The van der Waals surface area contributed by atoms with Crippen LogP contribution in [0.15, 0.2) is 18.2 Å². The van der Waals surface area contributed by atoms with Crippen LogP contribution in [0.4, 0.5) is 8.78 Å². The summed E-state index contributed by atoms with van der Waals surface area (Å²) < 4.78 is 26.0. The van der Waals surface area contributed by atoms with Gasteiger partial charge in [-0.2, -0.15) is 0 Å². The molecule has 0 unspecified atom stereocenters. The third-order valence-corrected chi connectivity index (χ3v) is 3.96. The number of halogens is 2. The normalized spacial score (nSPS) is 24.9. The van der Waals surface area contributed by atoms with Gasteiger partial charge in [0, 0.05) is 0 Å². The second-order valence-electron chi connectivity index (χ2n) is 5.18. The highest BCUT2D eigenvalue weighted by Gasteiger charge is 2.22. The molecule has 1 saturated carbocycles. The van der Waals surface area contributed by atoms with Crippen LogP contribution in [0.3, 0.4) is 0 Å². The Labute approximate surface area is 102 Å². The Balaban J connectivity index is 1.98. The predicted octanol–water partition coefficient (Wildman–Crippen LogP) is 5.04. The van der Waals surface area contributed by atoms with E-state index in [2.05, 4.69) is 6.92 Å². The summed E-state index contributed by atoms with van der Waals surface area (Å²) in [6.45, 7) is 2.22. The predicted molar refractivity (Wildman–Crippen MR) is 66.0 cm³/mol. The smallest absolute Gasteiger partial charge is 0.159 e. The van der Waals surface area contributed by atoms with Crippen molar-refractivity contribution >= 4 is 0 Å². The highest BCUT2D eigenvalue weighted by Crippen LogP contribution is 2.37. The number of rotatable bonds is 3. The largest absolute Gasteiger partial charge is 0.204 e. The molecule has 2 heteroatoms. The molecule has 0 aromatic heterocycles. The van der Waals surface area contributed by atoms with Crippen molar-refractivity contribution in [3.8, 4) is 0 Å². The van der Waals surface area contributed by atoms with Gasteiger partial charge in [0.05, 0.1) is 0 Å². The Morgan fingerprint density at radius 3 is 2.35 bits per heavy atom. The Bertz CT molecular complexity index is 365. The first-order valence-corrected chi connectivity index (χ1v) is 6.65. The zero-order chi connectivity index (χ0) is 12.3. The molecule has 0 amide bonds. The van der Waals surface area contributed by atoms with Gasteiger partial charge in [-0.1, -0.05) is 25.8 Å². The fraction of sp³-hybridized carbons (Fsp3) is 0.600. The monoisotopic (exact) mass is 238 g/mol. The van der Waals surface area contributed by atoms with Gasteiger partial charge in [0.15, 0.2) is 11.6 Å². The topological polar surface area (TPSA) is 0 Å². The van der Waals surface area contributed by atoms with Crippen molar-refractivity contribution < 1.29 is 8.78 Å². The number of hydrogen-bond donors (Lipinski definition) is 0. The van der Waals surface area contributed by atoms with Crippen LogP contribution in [0.5, 0.6) is 0 Å². The second-order valence-corrected chi connectivity index (χ2v) is 5.18. The molecule has 1 aromatic rings. The molecular formula is C15H20F2. The molecule has 1 aromatic carbocycles. The fourth-order valence-electron chi connectivity index (χ4n) is 2.96. The van der Waals surface area contributed by atoms with Gasteiger partial charge in [0.25, 0.3) is 0 Å². The summed E-state index contributed by atoms with van der Waals surface area (Å²) in [6.07, 6.45) is 7.27. The van der Waals surface area contributed by atoms with Gasteiger partial charge in [0.2, 0.25) is 0 Å². The minimum Gasteiger partial charge on any atom is -0.204 e. The van der Waals surface area contributed by atoms with Crippen LogP contribution in [-0.2, 0) is 0 Å². The van der Waals surface area contributed by atoms with Crippen molar-refractivity contribution in [2.24, 2.45) is 5.92 Å². The summed E-state index contributed by atoms with van der Waals surface area (Å²) >= 11 is 0. The summed E-state index contributed by atoms with van der Waals surface area (Å²) in [5.74, 6) is -0.175. The van der Waals surface area contributed by atoms with Gasteiger partial charge in [-0.25, -0.2) is 8.78 Å². The Hall–Kier alpha value is -0.920. The number of hydrogen-bond acceptors (Lipinski definition) is 0. The lowest BCUT2D eigenvalue weighted by Crippen LogP contribution is -2.13. The van der Waals surface area contributed by atoms with E-state index >= 15 is 0 Å². The molecule has 94 valence electrons. The van der Waals surface area contributed by atoms with Crippen LogP contribution in [0.2, 0.25) is 0 Å². The Morgan fingerprint density at radius 1 is 1.06 bits per heavy atom. The molecule has 0 spiro atoms. The first kappa shape index (κ1) is 12.5. The van der Waals surface area contributed by atoms with Crippen LogP contribution in [0.25, 0.3) is 0 Å². The molecule has 0 saturated heterocycles. The standard InChI is InChI=1S/C15H20F2/c1-2-3-11-4-6-12(7-5-11)13-8-9-14(16)15(17)10-13/h8-12H,2-7H2,1H3/t11-,12-. The molecule has 0 atom stereocenters. The van der Waals surface area contributed by atoms with Gasteiger partial charge in [-0.3, -0.25) is 0 Å². The lowest BCUT2D eigenvalue weighted by molar-refractivity contribution is 0.307. The van der Waals surface area contributed by atoms with E-state index in [-0.39, 0.29) is 0 Å². The summed E-state index contributed by atoms with van der Waals surface area (Å²) in [5.41, 5.74) is 0.971. The molecule has 0 aliphatic heterocycles. The minimum absolute atomic E-state index is 0.429. The summed E-state index contributed by atoms with van der Waals surface area (Å²) in [5, 5.41) is 0. The van der Waals surface area contributed by atoms with Crippen molar-refractivity contribution in [1.29, 1.82) is 0 Å². The van der Waals surface area contributed by atoms with Crippen LogP contribution < -0.4 is 0 Å². The Morgan fingerprint density at radius 2 is 1.76 bits per heavy atom. The summed E-state index contributed by atoms with van der Waals surface area (Å²) in [6, 6.07) is 4.37. The quantitative estimate of drug-likeness (QED) is 0.692. The first-order valence-electron chi connectivity index (χ1n) is 6.65. The summed E-state index contributed by atoms with van der Waals surface area (Å²) in [7, 11) is 0. The zero-order valence-electron chi connectivity index (χ0n) is 10.4. The van der Waals surface area contributed by atoms with Crippen molar-refractivity contribution in [1.82, 2.24) is 0 Å². The maximum absolute atomic E-state index is 13.2. The van der Waals surface area contributed by atoms with Crippen LogP contribution in [0.1, 0.15) is 56.9 Å². The third kappa shape index (κ3) is 3.05. The average Bonchev–Trinajstić information content (AvgIpc) is 2.34. The van der Waals surface area contributed by atoms with E-state index in [0.29, 0.717) is 5.92 Å². The molecule has 1 fully saturated rings. The second kappa shape index (κ2) is 5.61. The van der Waals surface area contributed by atoms with Crippen LogP contribution >= 0.6 is 0 Å². The summed E-state index contributed by atoms with van der Waals surface area (Å²) in [4.78, 5) is 0. The van der Waals surface area contributed by atoms with E-state index in [1.54, 1.807) is 6.07 Å². The van der Waals surface area contributed by atoms with Crippen molar-refractivity contribution in [2.75, 3.05) is 0 Å². The van der Waals surface area contributed by atoms with Crippen LogP contribution in [-0.4, -0.2) is 0 Å². The van der Waals surface area contributed by atoms with Gasteiger partial charge in [-0.15, -0.1) is 0 Å². The highest BCUT2D eigenvalue weighted by atomic mass is 19.2. The minimum atomic E-state index is -0.742. The molecule has 0 nitrogen and oxygen atoms in total. The zero-order valence-corrected chi connectivity index (χ0v) is 10.4. The lowest BCUT2D eigenvalue weighted by Gasteiger charge is -2.28. The molecule has 1 aliphatic carbocycles. The van der Waals surface area contributed by atoms with E-state index in [9.17, 15) is 8.78 Å². The van der Waals surface area contributed by atoms with Crippen molar-refractivity contribution in [3.05, 3.63) is 35.4 Å². The molecule has 17 heavy (non-hydrogen) atoms. The van der Waals surface area contributed by atoms with E-state index in [0.717, 1.165) is 24.3 Å². The maximum Gasteiger partial charge on any atom is 0.159 e. The lowest BCUT2D eigenvalue weighted by atomic mass is 9.77. The fourth-order valence-corrected chi connectivity index (χ4v) is 2.96. The Kier molecular flexibility index (Phi) is 4.14. The van der Waals surface area contributed by atoms with E-state index in [1.165, 1.54) is 37.8 Å². The van der Waals surface area contributed by atoms with E-state index in [4.69, 9.17) is 0 Å². The maximum atomic E-state index is 13.2. The SMILES string of the molecule is CCC[C@H]1CC[C@H](c2ccc(F)c(F)c2)CC1. The molecule has 0 N–H and O–H groups in total. The van der Waals surface area contributed by atoms with Crippen LogP contribution in [0, 0.1) is 17.6 Å². The molecule has 1 aliphatic rings. The molecule has 0 bridgehead atoms. The molecular weight excluding hydrogens is 218 g/mol.